The number of halogens is 3. The van der Waals surface area contributed by atoms with Crippen LogP contribution in [0.15, 0.2) is 48.9 Å². The molecular weight excluding hydrogens is 307 g/mol. The van der Waals surface area contributed by atoms with Crippen LogP contribution in [0.1, 0.15) is 15.9 Å². The van der Waals surface area contributed by atoms with Crippen LogP contribution in [0.4, 0.5) is 13.2 Å². The van der Waals surface area contributed by atoms with Crippen LogP contribution in [0.2, 0.25) is 0 Å². The minimum atomic E-state index is -4.39. The van der Waals surface area contributed by atoms with Gasteiger partial charge in [-0.25, -0.2) is 0 Å². The summed E-state index contributed by atoms with van der Waals surface area (Å²) in [5.41, 5.74) is 6.37. The smallest absolute Gasteiger partial charge is 0.366 e. The SMILES string of the molecule is NC(=O)c1cnc2cncc(-c3ccc(C(F)(F)F)cc3)c2c1. The highest BCUT2D eigenvalue weighted by Crippen LogP contribution is 2.32. The van der Waals surface area contributed by atoms with Crippen molar-refractivity contribution in [2.75, 3.05) is 0 Å². The average molecular weight is 317 g/mol. The summed E-state index contributed by atoms with van der Waals surface area (Å²) in [4.78, 5) is 19.4. The Hall–Kier alpha value is -2.96. The number of hydrogen-bond donors (Lipinski definition) is 1. The number of primary amides is 1. The number of amides is 1. The van der Waals surface area contributed by atoms with Gasteiger partial charge in [0.2, 0.25) is 5.91 Å². The molecule has 2 aromatic heterocycles. The summed E-state index contributed by atoms with van der Waals surface area (Å²) in [5.74, 6) is -0.630. The predicted molar refractivity (Wildman–Crippen MR) is 78.5 cm³/mol. The van der Waals surface area contributed by atoms with Crippen molar-refractivity contribution in [1.29, 1.82) is 0 Å². The molecule has 1 aromatic carbocycles. The Morgan fingerprint density at radius 2 is 1.74 bits per heavy atom. The first-order valence-electron chi connectivity index (χ1n) is 6.57. The van der Waals surface area contributed by atoms with E-state index in [1.807, 2.05) is 0 Å². The lowest BCUT2D eigenvalue weighted by molar-refractivity contribution is -0.137. The van der Waals surface area contributed by atoms with E-state index in [4.69, 9.17) is 5.73 Å². The van der Waals surface area contributed by atoms with Crippen LogP contribution in [-0.2, 0) is 6.18 Å². The van der Waals surface area contributed by atoms with Gasteiger partial charge in [-0.05, 0) is 23.8 Å². The molecule has 116 valence electrons. The fourth-order valence-corrected chi connectivity index (χ4v) is 2.25. The molecule has 0 spiro atoms. The number of nitrogens with zero attached hydrogens (tertiary/aromatic N) is 2. The van der Waals surface area contributed by atoms with Crippen molar-refractivity contribution in [2.45, 2.75) is 6.18 Å². The number of pyridine rings is 2. The fraction of sp³-hybridized carbons (Fsp3) is 0.0625. The van der Waals surface area contributed by atoms with E-state index < -0.39 is 17.6 Å². The fourth-order valence-electron chi connectivity index (χ4n) is 2.25. The molecule has 3 aromatic rings. The molecule has 0 aliphatic rings. The van der Waals surface area contributed by atoms with Gasteiger partial charge < -0.3 is 5.73 Å². The van der Waals surface area contributed by atoms with E-state index in [0.29, 0.717) is 22.0 Å². The summed E-state index contributed by atoms with van der Waals surface area (Å²) >= 11 is 0. The molecule has 2 heterocycles. The van der Waals surface area contributed by atoms with Gasteiger partial charge in [0.1, 0.15) is 0 Å². The van der Waals surface area contributed by atoms with Crippen LogP contribution in [0.5, 0.6) is 0 Å². The standard InChI is InChI=1S/C16H10F3N3O/c17-16(18,19)11-3-1-9(2-4-11)13-7-21-8-14-12(13)5-10(6-22-14)15(20)23/h1-8H,(H2,20,23). The summed E-state index contributed by atoms with van der Waals surface area (Å²) < 4.78 is 37.9. The van der Waals surface area contributed by atoms with E-state index in [9.17, 15) is 18.0 Å². The van der Waals surface area contributed by atoms with Gasteiger partial charge >= 0.3 is 6.18 Å². The van der Waals surface area contributed by atoms with Gasteiger partial charge in [-0.3, -0.25) is 14.8 Å². The largest absolute Gasteiger partial charge is 0.416 e. The third kappa shape index (κ3) is 2.85. The molecule has 0 saturated heterocycles. The predicted octanol–water partition coefficient (Wildman–Crippen LogP) is 3.41. The molecule has 0 saturated carbocycles. The van der Waals surface area contributed by atoms with Crippen molar-refractivity contribution in [3.63, 3.8) is 0 Å². The zero-order valence-corrected chi connectivity index (χ0v) is 11.6. The van der Waals surface area contributed by atoms with E-state index in [1.165, 1.54) is 30.7 Å². The first-order chi connectivity index (χ1) is 10.9. The molecular formula is C16H10F3N3O. The number of fused-ring (bicyclic) bond motifs is 1. The maximum absolute atomic E-state index is 12.6. The summed E-state index contributed by atoms with van der Waals surface area (Å²) in [6.07, 6.45) is -0.0375. The Morgan fingerprint density at radius 3 is 2.35 bits per heavy atom. The van der Waals surface area contributed by atoms with Crippen molar-refractivity contribution in [1.82, 2.24) is 9.97 Å². The minimum Gasteiger partial charge on any atom is -0.366 e. The van der Waals surface area contributed by atoms with Gasteiger partial charge in [-0.1, -0.05) is 12.1 Å². The van der Waals surface area contributed by atoms with Crippen LogP contribution in [0.25, 0.3) is 22.0 Å². The molecule has 0 atom stereocenters. The highest BCUT2D eigenvalue weighted by atomic mass is 19.4. The van der Waals surface area contributed by atoms with Crippen molar-refractivity contribution in [3.8, 4) is 11.1 Å². The van der Waals surface area contributed by atoms with Crippen molar-refractivity contribution >= 4 is 16.8 Å². The molecule has 3 rings (SSSR count). The van der Waals surface area contributed by atoms with Crippen LogP contribution < -0.4 is 5.73 Å². The molecule has 0 aliphatic heterocycles. The quantitative estimate of drug-likeness (QED) is 0.787. The Labute approximate surface area is 128 Å². The molecule has 4 nitrogen and oxygen atoms in total. The summed E-state index contributed by atoms with van der Waals surface area (Å²) in [6, 6.07) is 6.27. The van der Waals surface area contributed by atoms with Gasteiger partial charge in [-0.15, -0.1) is 0 Å². The minimum absolute atomic E-state index is 0.219. The lowest BCUT2D eigenvalue weighted by Crippen LogP contribution is -2.11. The van der Waals surface area contributed by atoms with E-state index >= 15 is 0 Å². The highest BCUT2D eigenvalue weighted by Gasteiger charge is 2.30. The Kier molecular flexibility index (Phi) is 3.48. The molecule has 0 bridgehead atoms. The van der Waals surface area contributed by atoms with E-state index in [1.54, 1.807) is 6.07 Å². The zero-order valence-electron chi connectivity index (χ0n) is 11.6. The first kappa shape index (κ1) is 15.0. The Balaban J connectivity index is 2.15. The van der Waals surface area contributed by atoms with Crippen LogP contribution in [-0.4, -0.2) is 15.9 Å². The van der Waals surface area contributed by atoms with Gasteiger partial charge in [0.05, 0.1) is 22.8 Å². The average Bonchev–Trinajstić information content (AvgIpc) is 2.53. The van der Waals surface area contributed by atoms with E-state index in [-0.39, 0.29) is 5.56 Å². The number of rotatable bonds is 2. The van der Waals surface area contributed by atoms with E-state index in [0.717, 1.165) is 12.1 Å². The molecule has 23 heavy (non-hydrogen) atoms. The van der Waals surface area contributed by atoms with Crippen molar-refractivity contribution in [2.24, 2.45) is 5.73 Å². The Morgan fingerprint density at radius 1 is 1.04 bits per heavy atom. The molecule has 0 fully saturated rings. The summed E-state index contributed by atoms with van der Waals surface area (Å²) in [5, 5.41) is 0.594. The van der Waals surface area contributed by atoms with Gasteiger partial charge in [-0.2, -0.15) is 13.2 Å². The third-order valence-corrected chi connectivity index (χ3v) is 3.42. The second kappa shape index (κ2) is 5.35. The molecule has 0 radical (unpaired) electrons. The second-order valence-corrected chi connectivity index (χ2v) is 4.92. The van der Waals surface area contributed by atoms with Crippen LogP contribution in [0, 0.1) is 0 Å². The number of hydrogen-bond acceptors (Lipinski definition) is 3. The highest BCUT2D eigenvalue weighted by molar-refractivity contribution is 6.00. The van der Waals surface area contributed by atoms with E-state index in [2.05, 4.69) is 9.97 Å². The third-order valence-electron chi connectivity index (χ3n) is 3.42. The number of benzene rings is 1. The summed E-state index contributed by atoms with van der Waals surface area (Å²) in [7, 11) is 0. The lowest BCUT2D eigenvalue weighted by atomic mass is 10.0. The van der Waals surface area contributed by atoms with Crippen LogP contribution >= 0.6 is 0 Å². The molecule has 7 heteroatoms. The van der Waals surface area contributed by atoms with Crippen LogP contribution in [0.3, 0.4) is 0 Å². The van der Waals surface area contributed by atoms with Gasteiger partial charge in [0.15, 0.2) is 0 Å². The molecule has 0 aliphatic carbocycles. The number of aromatic nitrogens is 2. The van der Waals surface area contributed by atoms with Gasteiger partial charge in [0, 0.05) is 23.3 Å². The lowest BCUT2D eigenvalue weighted by Gasteiger charge is -2.09. The van der Waals surface area contributed by atoms with Gasteiger partial charge in [0.25, 0.3) is 0 Å². The number of carbonyl (C=O) groups excluding carboxylic acids is 1. The number of alkyl halides is 3. The molecule has 2 N–H and O–H groups in total. The zero-order chi connectivity index (χ0) is 16.6. The summed E-state index contributed by atoms with van der Waals surface area (Å²) in [6.45, 7) is 0. The first-order valence-corrected chi connectivity index (χ1v) is 6.57. The maximum atomic E-state index is 12.6. The van der Waals surface area contributed by atoms with Crippen molar-refractivity contribution in [3.05, 3.63) is 60.0 Å². The van der Waals surface area contributed by atoms with Crippen molar-refractivity contribution < 1.29 is 18.0 Å². The molecule has 0 unspecified atom stereocenters. The normalized spacial score (nSPS) is 11.6. The monoisotopic (exact) mass is 317 g/mol. The molecule has 1 amide bonds. The number of nitrogens with two attached hydrogens (primary N) is 1. The topological polar surface area (TPSA) is 68.9 Å². The second-order valence-electron chi connectivity index (χ2n) is 4.92. The number of carbonyl (C=O) groups is 1. The Bertz CT molecular complexity index is 889. The maximum Gasteiger partial charge on any atom is 0.416 e.